The average Bonchev–Trinajstić information content (AvgIpc) is 3.67. The van der Waals surface area contributed by atoms with Gasteiger partial charge in [0, 0.05) is 4.90 Å². The molecule has 33 heavy (non-hydrogen) atoms. The lowest BCUT2D eigenvalue weighted by Gasteiger charge is -2.59. The first-order chi connectivity index (χ1) is 16.1. The largest absolute Gasteiger partial charge is 0.0895 e. The minimum absolute atomic E-state index is 0.172. The monoisotopic (exact) mass is 488 g/mol. The summed E-state index contributed by atoms with van der Waals surface area (Å²) in [5, 5.41) is 1.63. The Morgan fingerprint density at radius 2 is 0.727 bits per heavy atom. The van der Waals surface area contributed by atoms with Gasteiger partial charge in [-0.15, -0.1) is 0 Å². The minimum Gasteiger partial charge on any atom is -0.0895 e. The highest BCUT2D eigenvalue weighted by atomic mass is 31.2. The van der Waals surface area contributed by atoms with Gasteiger partial charge in [-0.05, 0) is 123 Å². The zero-order valence-electron chi connectivity index (χ0n) is 22.3. The van der Waals surface area contributed by atoms with Crippen LogP contribution in [0.2, 0.25) is 0 Å². The summed E-state index contributed by atoms with van der Waals surface area (Å²) in [4.78, 5) is 0.689. The standard InChI is InChI=1S/C31H54P2/c1-29(2,32-23-11-21-30(32,25-13-3-4-14-25)26-15-5-6-16-26)33-24-12-22-31(33,27-17-7-8-18-27)28-19-9-10-20-28/h25-28H,3-24H2,1-2H3. The molecule has 2 saturated heterocycles. The molecule has 2 heteroatoms. The third-order valence-corrected chi connectivity index (χ3v) is 22.0. The molecule has 2 heterocycles. The molecule has 0 radical (unpaired) electrons. The summed E-state index contributed by atoms with van der Waals surface area (Å²) in [6.07, 6.45) is 35.2. The second-order valence-corrected chi connectivity index (χ2v) is 20.8. The molecular formula is C31H54P2. The Hall–Kier alpha value is 0.860. The van der Waals surface area contributed by atoms with Crippen LogP contribution >= 0.6 is 15.8 Å². The second kappa shape index (κ2) is 9.63. The summed E-state index contributed by atoms with van der Waals surface area (Å²) in [6, 6.07) is 0. The molecule has 2 aliphatic heterocycles. The van der Waals surface area contributed by atoms with Crippen molar-refractivity contribution >= 4 is 15.8 Å². The van der Waals surface area contributed by atoms with E-state index in [9.17, 15) is 0 Å². The van der Waals surface area contributed by atoms with Crippen LogP contribution in [-0.4, -0.2) is 27.5 Å². The van der Waals surface area contributed by atoms with Gasteiger partial charge in [-0.25, -0.2) is 0 Å². The minimum atomic E-state index is 0.172. The molecule has 0 bridgehead atoms. The van der Waals surface area contributed by atoms with Crippen molar-refractivity contribution in [3.05, 3.63) is 0 Å². The van der Waals surface area contributed by atoms with Crippen LogP contribution in [0, 0.1) is 23.7 Å². The molecule has 6 aliphatic rings. The molecule has 0 aromatic heterocycles. The van der Waals surface area contributed by atoms with Crippen LogP contribution in [0.5, 0.6) is 0 Å². The fourth-order valence-corrected chi connectivity index (χ4v) is 23.0. The Balaban J connectivity index is 1.39. The normalized spacial score (nSPS) is 36.5. The summed E-state index contributed by atoms with van der Waals surface area (Å²) >= 11 is 0. The van der Waals surface area contributed by atoms with E-state index in [1.807, 2.05) is 0 Å². The molecule has 4 saturated carbocycles. The smallest absolute Gasteiger partial charge is 0.00600 e. The average molecular weight is 489 g/mol. The van der Waals surface area contributed by atoms with E-state index in [0.29, 0.717) is 4.90 Å². The lowest BCUT2D eigenvalue weighted by molar-refractivity contribution is 0.254. The molecule has 2 atom stereocenters. The third kappa shape index (κ3) is 3.79. The van der Waals surface area contributed by atoms with Crippen LogP contribution in [0.25, 0.3) is 0 Å². The predicted octanol–water partition coefficient (Wildman–Crippen LogP) is 10.5. The highest BCUT2D eigenvalue weighted by molar-refractivity contribution is 7.79. The summed E-state index contributed by atoms with van der Waals surface area (Å²) < 4.78 is 0. The maximum atomic E-state index is 2.93. The van der Waals surface area contributed by atoms with Crippen molar-refractivity contribution in [2.45, 2.75) is 157 Å². The first-order valence-corrected chi connectivity index (χ1v) is 18.7. The van der Waals surface area contributed by atoms with E-state index in [1.54, 1.807) is 141 Å². The topological polar surface area (TPSA) is 0 Å². The van der Waals surface area contributed by atoms with Crippen LogP contribution in [0.15, 0.2) is 0 Å². The third-order valence-electron chi connectivity index (χ3n) is 12.5. The first-order valence-electron chi connectivity index (χ1n) is 15.7. The molecule has 0 amide bonds. The van der Waals surface area contributed by atoms with Crippen LogP contribution < -0.4 is 0 Å². The van der Waals surface area contributed by atoms with Gasteiger partial charge in [-0.2, -0.15) is 0 Å². The molecule has 0 N–H and O–H groups in total. The lowest BCUT2D eigenvalue weighted by Crippen LogP contribution is -2.47. The molecule has 0 nitrogen and oxygen atoms in total. The van der Waals surface area contributed by atoms with Crippen molar-refractivity contribution in [1.82, 2.24) is 0 Å². The fraction of sp³-hybridized carbons (Fsp3) is 1.00. The van der Waals surface area contributed by atoms with Gasteiger partial charge in [0.15, 0.2) is 0 Å². The molecule has 2 unspecified atom stereocenters. The number of hydrogen-bond donors (Lipinski definition) is 0. The Morgan fingerprint density at radius 1 is 0.455 bits per heavy atom. The zero-order valence-corrected chi connectivity index (χ0v) is 24.0. The fourth-order valence-electron chi connectivity index (χ4n) is 11.5. The highest BCUT2D eigenvalue weighted by Gasteiger charge is 2.64. The first kappa shape index (κ1) is 24.2. The van der Waals surface area contributed by atoms with E-state index in [0.717, 1.165) is 34.0 Å². The molecule has 0 aromatic rings. The van der Waals surface area contributed by atoms with E-state index in [4.69, 9.17) is 0 Å². The van der Waals surface area contributed by atoms with E-state index in [2.05, 4.69) is 13.8 Å². The molecular weight excluding hydrogens is 434 g/mol. The van der Waals surface area contributed by atoms with Crippen molar-refractivity contribution in [2.24, 2.45) is 23.7 Å². The predicted molar refractivity (Wildman–Crippen MR) is 149 cm³/mol. The molecule has 0 spiro atoms. The molecule has 6 fully saturated rings. The van der Waals surface area contributed by atoms with Gasteiger partial charge in [0.1, 0.15) is 0 Å². The number of rotatable bonds is 6. The van der Waals surface area contributed by atoms with Crippen molar-refractivity contribution in [3.8, 4) is 0 Å². The molecule has 4 aliphatic carbocycles. The summed E-state index contributed by atoms with van der Waals surface area (Å²) in [6.45, 7) is 5.86. The quantitative estimate of drug-likeness (QED) is 0.326. The Morgan fingerprint density at radius 3 is 1.00 bits per heavy atom. The van der Waals surface area contributed by atoms with Gasteiger partial charge in [0.25, 0.3) is 0 Å². The van der Waals surface area contributed by atoms with Crippen molar-refractivity contribution in [3.63, 3.8) is 0 Å². The van der Waals surface area contributed by atoms with E-state index in [-0.39, 0.29) is 15.8 Å². The van der Waals surface area contributed by atoms with Gasteiger partial charge >= 0.3 is 0 Å². The second-order valence-electron chi connectivity index (χ2n) is 13.9. The van der Waals surface area contributed by atoms with Crippen molar-refractivity contribution in [2.75, 3.05) is 12.3 Å². The summed E-state index contributed by atoms with van der Waals surface area (Å²) in [5.74, 6) is 4.49. The van der Waals surface area contributed by atoms with E-state index in [1.165, 1.54) is 0 Å². The van der Waals surface area contributed by atoms with Crippen LogP contribution in [-0.2, 0) is 0 Å². The van der Waals surface area contributed by atoms with Crippen LogP contribution in [0.3, 0.4) is 0 Å². The van der Waals surface area contributed by atoms with Gasteiger partial charge in [0.05, 0.1) is 0 Å². The van der Waals surface area contributed by atoms with E-state index < -0.39 is 0 Å². The van der Waals surface area contributed by atoms with Gasteiger partial charge in [-0.1, -0.05) is 81.1 Å². The van der Waals surface area contributed by atoms with Crippen LogP contribution in [0.1, 0.15) is 142 Å². The van der Waals surface area contributed by atoms with Crippen molar-refractivity contribution in [1.29, 1.82) is 0 Å². The van der Waals surface area contributed by atoms with Crippen LogP contribution in [0.4, 0.5) is 0 Å². The summed E-state index contributed by atoms with van der Waals surface area (Å²) in [7, 11) is 0.345. The Bertz CT molecular complexity index is 570. The van der Waals surface area contributed by atoms with Gasteiger partial charge in [0.2, 0.25) is 0 Å². The Labute approximate surface area is 209 Å². The summed E-state index contributed by atoms with van der Waals surface area (Å²) in [5.41, 5.74) is 0. The zero-order chi connectivity index (χ0) is 22.5. The van der Waals surface area contributed by atoms with Gasteiger partial charge < -0.3 is 0 Å². The molecule has 0 aromatic carbocycles. The lowest BCUT2D eigenvalue weighted by atomic mass is 9.76. The number of hydrogen-bond acceptors (Lipinski definition) is 0. The molecule has 188 valence electrons. The van der Waals surface area contributed by atoms with Crippen molar-refractivity contribution < 1.29 is 0 Å². The Kier molecular flexibility index (Phi) is 7.06. The maximum Gasteiger partial charge on any atom is 0.00600 e. The van der Waals surface area contributed by atoms with E-state index >= 15 is 0 Å². The maximum absolute atomic E-state index is 2.93. The highest BCUT2D eigenvalue weighted by Crippen LogP contribution is 2.86. The molecule has 6 rings (SSSR count). The van der Waals surface area contributed by atoms with Gasteiger partial charge in [-0.3, -0.25) is 0 Å². The SMILES string of the molecule is CC(C)(P1CCCC1(C1CCCC1)C1CCCC1)P1CCCC1(C1CCCC1)C1CCCC1.